The van der Waals surface area contributed by atoms with Crippen LogP contribution in [0.2, 0.25) is 0 Å². The molecule has 0 aliphatic heterocycles. The molecule has 3 aromatic rings. The summed E-state index contributed by atoms with van der Waals surface area (Å²) in [4.78, 5) is 8.43. The number of nitrogens with one attached hydrogen (secondary N) is 2. The van der Waals surface area contributed by atoms with Crippen LogP contribution in [0.15, 0.2) is 72.2 Å². The average Bonchev–Trinajstić information content (AvgIpc) is 3.25. The molecule has 1 heterocycles. The highest BCUT2D eigenvalue weighted by Gasteiger charge is 2.07. The van der Waals surface area contributed by atoms with Crippen molar-refractivity contribution in [3.8, 4) is 11.1 Å². The Balaban J connectivity index is 1.71. The molecule has 146 valence electrons. The summed E-state index contributed by atoms with van der Waals surface area (Å²) < 4.78 is 2.07. The lowest BCUT2D eigenvalue weighted by atomic mass is 9.98. The normalized spacial score (nSPS) is 12.6. The molecule has 2 aromatic carbocycles. The molecule has 3 rings (SSSR count). The van der Waals surface area contributed by atoms with Crippen LogP contribution in [0.25, 0.3) is 11.1 Å². The maximum atomic E-state index is 4.33. The molecule has 0 bridgehead atoms. The first-order chi connectivity index (χ1) is 13.7. The largest absolute Gasteiger partial charge is 0.354 e. The first kappa shape index (κ1) is 19.7. The molecule has 1 atom stereocenters. The van der Waals surface area contributed by atoms with Gasteiger partial charge in [0.25, 0.3) is 0 Å². The number of hydrogen-bond acceptors (Lipinski definition) is 2. The van der Waals surface area contributed by atoms with E-state index in [0.29, 0.717) is 6.04 Å². The minimum atomic E-state index is 0.393. The first-order valence-corrected chi connectivity index (χ1v) is 9.79. The fraction of sp³-hybridized carbons (Fsp3) is 0.304. The topological polar surface area (TPSA) is 54.2 Å². The Morgan fingerprint density at radius 3 is 2.61 bits per heavy atom. The summed E-state index contributed by atoms with van der Waals surface area (Å²) >= 11 is 0. The molecular weight excluding hydrogens is 346 g/mol. The molecule has 5 heteroatoms. The number of benzene rings is 2. The van der Waals surface area contributed by atoms with Crippen molar-refractivity contribution in [2.24, 2.45) is 4.99 Å². The predicted octanol–water partition coefficient (Wildman–Crippen LogP) is 4.06. The number of aromatic nitrogens is 2. The van der Waals surface area contributed by atoms with Crippen LogP contribution in [0.3, 0.4) is 0 Å². The highest BCUT2D eigenvalue weighted by Crippen LogP contribution is 2.24. The maximum Gasteiger partial charge on any atom is 0.191 e. The monoisotopic (exact) mass is 375 g/mol. The summed E-state index contributed by atoms with van der Waals surface area (Å²) in [6.07, 6.45) is 6.69. The second-order valence-electron chi connectivity index (χ2n) is 6.97. The Hall–Kier alpha value is -3.08. The Kier molecular flexibility index (Phi) is 6.84. The standard InChI is InChI=1S/C23H29N5/c1-4-18(2)27-23(24-3)26-15-21-7-5-6-8-22(21)20-11-9-19(10-12-20)16-28-14-13-25-17-28/h5-14,17-18H,4,15-16H2,1-3H3,(H2,24,26,27). The second-order valence-corrected chi connectivity index (χ2v) is 6.97. The fourth-order valence-corrected chi connectivity index (χ4v) is 3.05. The van der Waals surface area contributed by atoms with Crippen molar-refractivity contribution in [3.05, 3.63) is 78.4 Å². The number of nitrogens with zero attached hydrogens (tertiary/aromatic N) is 3. The number of guanidine groups is 1. The molecule has 0 spiro atoms. The highest BCUT2D eigenvalue weighted by molar-refractivity contribution is 5.80. The molecule has 0 aliphatic rings. The molecule has 2 N–H and O–H groups in total. The van der Waals surface area contributed by atoms with E-state index in [0.717, 1.165) is 25.5 Å². The van der Waals surface area contributed by atoms with E-state index in [1.807, 2.05) is 25.8 Å². The third kappa shape index (κ3) is 5.22. The lowest BCUT2D eigenvalue weighted by Crippen LogP contribution is -2.41. The minimum Gasteiger partial charge on any atom is -0.354 e. The predicted molar refractivity (Wildman–Crippen MR) is 116 cm³/mol. The van der Waals surface area contributed by atoms with Gasteiger partial charge in [0, 0.05) is 38.6 Å². The zero-order valence-electron chi connectivity index (χ0n) is 16.9. The van der Waals surface area contributed by atoms with Gasteiger partial charge in [-0.05, 0) is 35.6 Å². The van der Waals surface area contributed by atoms with Crippen molar-refractivity contribution in [2.75, 3.05) is 7.05 Å². The Labute approximate surface area is 167 Å². The molecule has 1 unspecified atom stereocenters. The molecule has 0 saturated heterocycles. The highest BCUT2D eigenvalue weighted by atomic mass is 15.2. The average molecular weight is 376 g/mol. The second kappa shape index (κ2) is 9.74. The van der Waals surface area contributed by atoms with Gasteiger partial charge in [-0.2, -0.15) is 0 Å². The summed E-state index contributed by atoms with van der Waals surface area (Å²) in [5.41, 5.74) is 4.97. The SMILES string of the molecule is CCC(C)NC(=NC)NCc1ccccc1-c1ccc(Cn2ccnc2)cc1. The van der Waals surface area contributed by atoms with Gasteiger partial charge in [0.1, 0.15) is 0 Å². The fourth-order valence-electron chi connectivity index (χ4n) is 3.05. The summed E-state index contributed by atoms with van der Waals surface area (Å²) in [6.45, 7) is 5.88. The van der Waals surface area contributed by atoms with Gasteiger partial charge in [0.05, 0.1) is 6.33 Å². The maximum absolute atomic E-state index is 4.33. The van der Waals surface area contributed by atoms with E-state index >= 15 is 0 Å². The van der Waals surface area contributed by atoms with Gasteiger partial charge in [-0.15, -0.1) is 0 Å². The quantitative estimate of drug-likeness (QED) is 0.484. The van der Waals surface area contributed by atoms with Crippen LogP contribution in [-0.2, 0) is 13.1 Å². The van der Waals surface area contributed by atoms with Gasteiger partial charge in [-0.3, -0.25) is 4.99 Å². The van der Waals surface area contributed by atoms with E-state index in [9.17, 15) is 0 Å². The number of aliphatic imine (C=N–C) groups is 1. The summed E-state index contributed by atoms with van der Waals surface area (Å²) in [5.74, 6) is 0.833. The molecular formula is C23H29N5. The minimum absolute atomic E-state index is 0.393. The van der Waals surface area contributed by atoms with Gasteiger partial charge in [0.15, 0.2) is 5.96 Å². The van der Waals surface area contributed by atoms with Crippen molar-refractivity contribution in [1.29, 1.82) is 0 Å². The Morgan fingerprint density at radius 1 is 1.14 bits per heavy atom. The Bertz CT molecular complexity index is 882. The van der Waals surface area contributed by atoms with Gasteiger partial charge in [-0.1, -0.05) is 55.5 Å². The molecule has 1 aromatic heterocycles. The molecule has 28 heavy (non-hydrogen) atoms. The van der Waals surface area contributed by atoms with Crippen molar-refractivity contribution in [2.45, 2.75) is 39.4 Å². The van der Waals surface area contributed by atoms with E-state index in [1.54, 1.807) is 0 Å². The van der Waals surface area contributed by atoms with Crippen molar-refractivity contribution in [1.82, 2.24) is 20.2 Å². The van der Waals surface area contributed by atoms with E-state index < -0.39 is 0 Å². The van der Waals surface area contributed by atoms with E-state index in [4.69, 9.17) is 0 Å². The lowest BCUT2D eigenvalue weighted by molar-refractivity contribution is 0.624. The molecule has 5 nitrogen and oxygen atoms in total. The van der Waals surface area contributed by atoms with Crippen LogP contribution in [0.4, 0.5) is 0 Å². The van der Waals surface area contributed by atoms with Gasteiger partial charge in [0.2, 0.25) is 0 Å². The Morgan fingerprint density at radius 2 is 1.93 bits per heavy atom. The first-order valence-electron chi connectivity index (χ1n) is 9.79. The zero-order chi connectivity index (χ0) is 19.8. The van der Waals surface area contributed by atoms with Crippen LogP contribution in [0, 0.1) is 0 Å². The third-order valence-electron chi connectivity index (χ3n) is 4.87. The smallest absolute Gasteiger partial charge is 0.191 e. The number of hydrogen-bond donors (Lipinski definition) is 2. The number of imidazole rings is 1. The van der Waals surface area contributed by atoms with E-state index in [-0.39, 0.29) is 0 Å². The molecule has 0 radical (unpaired) electrons. The lowest BCUT2D eigenvalue weighted by Gasteiger charge is -2.17. The van der Waals surface area contributed by atoms with Crippen molar-refractivity contribution >= 4 is 5.96 Å². The van der Waals surface area contributed by atoms with E-state index in [2.05, 4.69) is 87.6 Å². The van der Waals surface area contributed by atoms with E-state index in [1.165, 1.54) is 22.3 Å². The van der Waals surface area contributed by atoms with Crippen LogP contribution >= 0.6 is 0 Å². The van der Waals surface area contributed by atoms with Crippen molar-refractivity contribution in [3.63, 3.8) is 0 Å². The molecule has 0 amide bonds. The van der Waals surface area contributed by atoms with Crippen LogP contribution in [0.1, 0.15) is 31.4 Å². The summed E-state index contributed by atoms with van der Waals surface area (Å²) in [7, 11) is 1.81. The third-order valence-corrected chi connectivity index (χ3v) is 4.87. The van der Waals surface area contributed by atoms with Gasteiger partial charge < -0.3 is 15.2 Å². The summed E-state index contributed by atoms with van der Waals surface area (Å²) in [6, 6.07) is 17.7. The zero-order valence-corrected chi connectivity index (χ0v) is 16.9. The van der Waals surface area contributed by atoms with Crippen LogP contribution in [0.5, 0.6) is 0 Å². The van der Waals surface area contributed by atoms with Gasteiger partial charge in [-0.25, -0.2) is 4.98 Å². The van der Waals surface area contributed by atoms with Crippen molar-refractivity contribution < 1.29 is 0 Å². The number of rotatable bonds is 7. The molecule has 0 aliphatic carbocycles. The summed E-state index contributed by atoms with van der Waals surface area (Å²) in [5, 5.41) is 6.84. The molecule has 0 saturated carbocycles. The van der Waals surface area contributed by atoms with Crippen LogP contribution < -0.4 is 10.6 Å². The van der Waals surface area contributed by atoms with Crippen LogP contribution in [-0.4, -0.2) is 28.6 Å². The van der Waals surface area contributed by atoms with Gasteiger partial charge >= 0.3 is 0 Å². The molecule has 0 fully saturated rings.